The number of aliphatic carboxylic acids is 1. The summed E-state index contributed by atoms with van der Waals surface area (Å²) in [5, 5.41) is 8.79. The van der Waals surface area contributed by atoms with Gasteiger partial charge in [-0.15, -0.1) is 0 Å². The van der Waals surface area contributed by atoms with Crippen LogP contribution in [-0.2, 0) is 19.1 Å². The normalized spacial score (nSPS) is 20.8. The van der Waals surface area contributed by atoms with E-state index in [2.05, 4.69) is 22.6 Å². The number of halogens is 3. The molecule has 3 atom stereocenters. The molecule has 0 aromatic heterocycles. The minimum absolute atomic E-state index is 0.286. The average Bonchev–Trinajstić information content (AvgIpc) is 2.67. The Morgan fingerprint density at radius 3 is 2.07 bits per heavy atom. The summed E-state index contributed by atoms with van der Waals surface area (Å²) >= 11 is 2.11. The van der Waals surface area contributed by atoms with Gasteiger partial charge in [-0.05, 0) is 65.6 Å². The predicted octanol–water partition coefficient (Wildman–Crippen LogP) is 4.29. The Kier molecular flexibility index (Phi) is 7.95. The number of esters is 2. The molecule has 0 bridgehead atoms. The lowest BCUT2D eigenvalue weighted by molar-refractivity contribution is -0.203. The quantitative estimate of drug-likeness (QED) is 0.325. The molecule has 1 fully saturated rings. The standard InChI is InChI=1S/C20H23F2IO6/c1-11(2)16(20(21,22)19(26)27)29-18(25)15-6-4-3-5-14(15)17(24)28-13-9-7-12(23)8-10-13/h7-11,14-16H,3-6H2,1-2H3,(H,26,27). The van der Waals surface area contributed by atoms with Crippen LogP contribution in [0.3, 0.4) is 0 Å². The van der Waals surface area contributed by atoms with Crippen LogP contribution in [0.4, 0.5) is 8.78 Å². The Labute approximate surface area is 181 Å². The van der Waals surface area contributed by atoms with E-state index in [9.17, 15) is 23.2 Å². The zero-order chi connectivity index (χ0) is 21.8. The lowest BCUT2D eigenvalue weighted by atomic mass is 9.79. The fourth-order valence-electron chi connectivity index (χ4n) is 3.35. The second-order valence-corrected chi connectivity index (χ2v) is 8.65. The van der Waals surface area contributed by atoms with E-state index in [1.54, 1.807) is 24.3 Å². The molecule has 2 rings (SSSR count). The molecular weight excluding hydrogens is 501 g/mol. The molecule has 3 unspecified atom stereocenters. The number of benzene rings is 1. The fourth-order valence-corrected chi connectivity index (χ4v) is 3.71. The summed E-state index contributed by atoms with van der Waals surface area (Å²) in [7, 11) is 0. The summed E-state index contributed by atoms with van der Waals surface area (Å²) < 4.78 is 39.3. The number of hydrogen-bond acceptors (Lipinski definition) is 5. The van der Waals surface area contributed by atoms with Crippen molar-refractivity contribution in [2.75, 3.05) is 0 Å². The van der Waals surface area contributed by atoms with Crippen molar-refractivity contribution in [2.24, 2.45) is 17.8 Å². The van der Waals surface area contributed by atoms with Crippen LogP contribution in [0.15, 0.2) is 24.3 Å². The monoisotopic (exact) mass is 524 g/mol. The van der Waals surface area contributed by atoms with E-state index < -0.39 is 47.7 Å². The van der Waals surface area contributed by atoms with Gasteiger partial charge in [-0.2, -0.15) is 8.78 Å². The third-order valence-corrected chi connectivity index (χ3v) is 5.61. The van der Waals surface area contributed by atoms with Gasteiger partial charge in [-0.3, -0.25) is 9.59 Å². The highest BCUT2D eigenvalue weighted by Crippen LogP contribution is 2.35. The largest absolute Gasteiger partial charge is 0.477 e. The molecule has 0 aliphatic heterocycles. The van der Waals surface area contributed by atoms with Crippen molar-refractivity contribution in [1.82, 2.24) is 0 Å². The topological polar surface area (TPSA) is 89.9 Å². The SMILES string of the molecule is CC(C)C(OC(=O)C1CCCCC1C(=O)Oc1ccc(I)cc1)C(F)(F)C(=O)O. The van der Waals surface area contributed by atoms with Crippen molar-refractivity contribution >= 4 is 40.5 Å². The highest BCUT2D eigenvalue weighted by Gasteiger charge is 2.52. The molecule has 0 amide bonds. The summed E-state index contributed by atoms with van der Waals surface area (Å²) in [6.07, 6.45) is -0.147. The molecule has 9 heteroatoms. The number of ether oxygens (including phenoxy) is 2. The summed E-state index contributed by atoms with van der Waals surface area (Å²) in [4.78, 5) is 36.2. The molecule has 160 valence electrons. The number of hydrogen-bond donors (Lipinski definition) is 1. The Hall–Kier alpha value is -1.78. The molecular formula is C20H23F2IO6. The average molecular weight is 524 g/mol. The van der Waals surface area contributed by atoms with Crippen LogP contribution in [0.1, 0.15) is 39.5 Å². The first-order chi connectivity index (χ1) is 13.5. The lowest BCUT2D eigenvalue weighted by Crippen LogP contribution is -2.48. The van der Waals surface area contributed by atoms with E-state index >= 15 is 0 Å². The van der Waals surface area contributed by atoms with Crippen molar-refractivity contribution < 1.29 is 37.7 Å². The van der Waals surface area contributed by atoms with Crippen molar-refractivity contribution in [3.05, 3.63) is 27.8 Å². The van der Waals surface area contributed by atoms with Gasteiger partial charge in [0, 0.05) is 3.57 Å². The van der Waals surface area contributed by atoms with Gasteiger partial charge in [0.15, 0.2) is 6.10 Å². The van der Waals surface area contributed by atoms with Gasteiger partial charge in [0.25, 0.3) is 0 Å². The first-order valence-electron chi connectivity index (χ1n) is 9.33. The van der Waals surface area contributed by atoms with Crippen LogP contribution >= 0.6 is 22.6 Å². The number of rotatable bonds is 7. The second-order valence-electron chi connectivity index (χ2n) is 7.40. The molecule has 0 heterocycles. The number of alkyl halides is 2. The number of carbonyl (C=O) groups is 3. The summed E-state index contributed by atoms with van der Waals surface area (Å²) in [6, 6.07) is 6.77. The molecule has 6 nitrogen and oxygen atoms in total. The van der Waals surface area contributed by atoms with Crippen LogP contribution in [0.25, 0.3) is 0 Å². The van der Waals surface area contributed by atoms with Crippen molar-refractivity contribution in [2.45, 2.75) is 51.6 Å². The molecule has 0 radical (unpaired) electrons. The first kappa shape index (κ1) is 23.5. The molecule has 1 saturated carbocycles. The van der Waals surface area contributed by atoms with Crippen molar-refractivity contribution in [3.63, 3.8) is 0 Å². The molecule has 1 aromatic carbocycles. The second kappa shape index (κ2) is 9.82. The number of carboxylic acid groups (broad SMARTS) is 1. The molecule has 1 aliphatic carbocycles. The van der Waals surface area contributed by atoms with Crippen LogP contribution in [0.2, 0.25) is 0 Å². The van der Waals surface area contributed by atoms with Gasteiger partial charge in [0.05, 0.1) is 11.8 Å². The van der Waals surface area contributed by atoms with E-state index in [0.29, 0.717) is 25.0 Å². The number of carbonyl (C=O) groups excluding carboxylic acids is 2. The number of carboxylic acids is 1. The molecule has 0 spiro atoms. The smallest absolute Gasteiger partial charge is 0.378 e. The van der Waals surface area contributed by atoms with E-state index in [-0.39, 0.29) is 6.42 Å². The lowest BCUT2D eigenvalue weighted by Gasteiger charge is -2.32. The van der Waals surface area contributed by atoms with Crippen molar-refractivity contribution in [3.8, 4) is 5.75 Å². The third-order valence-electron chi connectivity index (χ3n) is 4.89. The van der Waals surface area contributed by atoms with E-state index in [1.165, 1.54) is 13.8 Å². The van der Waals surface area contributed by atoms with Gasteiger partial charge >= 0.3 is 23.8 Å². The van der Waals surface area contributed by atoms with Crippen LogP contribution in [-0.4, -0.2) is 35.0 Å². The summed E-state index contributed by atoms with van der Waals surface area (Å²) in [5.41, 5.74) is 0. The summed E-state index contributed by atoms with van der Waals surface area (Å²) in [6.45, 7) is 2.69. The predicted molar refractivity (Wildman–Crippen MR) is 108 cm³/mol. The highest BCUT2D eigenvalue weighted by atomic mass is 127. The highest BCUT2D eigenvalue weighted by molar-refractivity contribution is 14.1. The molecule has 1 aromatic rings. The zero-order valence-corrected chi connectivity index (χ0v) is 18.2. The van der Waals surface area contributed by atoms with Gasteiger partial charge in [0.2, 0.25) is 0 Å². The molecule has 1 aliphatic rings. The van der Waals surface area contributed by atoms with E-state index in [4.69, 9.17) is 14.6 Å². The molecule has 0 saturated heterocycles. The Morgan fingerprint density at radius 1 is 1.07 bits per heavy atom. The first-order valence-corrected chi connectivity index (χ1v) is 10.4. The van der Waals surface area contributed by atoms with Gasteiger partial charge in [-0.1, -0.05) is 26.7 Å². The Balaban J connectivity index is 2.14. The molecule has 1 N–H and O–H groups in total. The minimum atomic E-state index is -4.23. The van der Waals surface area contributed by atoms with Crippen molar-refractivity contribution in [1.29, 1.82) is 0 Å². The maximum Gasteiger partial charge on any atom is 0.378 e. The van der Waals surface area contributed by atoms with Gasteiger partial charge in [0.1, 0.15) is 5.75 Å². The Morgan fingerprint density at radius 2 is 1.59 bits per heavy atom. The van der Waals surface area contributed by atoms with Crippen LogP contribution in [0.5, 0.6) is 5.75 Å². The summed E-state index contributed by atoms with van der Waals surface area (Å²) in [5.74, 6) is -10.6. The maximum absolute atomic E-state index is 14.0. The van der Waals surface area contributed by atoms with E-state index in [1.807, 2.05) is 0 Å². The fraction of sp³-hybridized carbons (Fsp3) is 0.550. The minimum Gasteiger partial charge on any atom is -0.477 e. The maximum atomic E-state index is 14.0. The van der Waals surface area contributed by atoms with E-state index in [0.717, 1.165) is 3.57 Å². The van der Waals surface area contributed by atoms with Crippen LogP contribution in [0, 0.1) is 21.3 Å². The zero-order valence-electron chi connectivity index (χ0n) is 16.1. The van der Waals surface area contributed by atoms with Gasteiger partial charge in [-0.25, -0.2) is 4.79 Å². The van der Waals surface area contributed by atoms with Gasteiger partial charge < -0.3 is 14.6 Å². The molecule has 29 heavy (non-hydrogen) atoms. The Bertz CT molecular complexity index is 750. The third kappa shape index (κ3) is 5.86. The van der Waals surface area contributed by atoms with Crippen LogP contribution < -0.4 is 4.74 Å².